The molecule has 11 heteroatoms. The summed E-state index contributed by atoms with van der Waals surface area (Å²) in [5.41, 5.74) is 1.44. The van der Waals surface area contributed by atoms with Crippen LogP contribution < -0.4 is 25.1 Å². The lowest BCUT2D eigenvalue weighted by molar-refractivity contribution is -0.116. The lowest BCUT2D eigenvalue weighted by Crippen LogP contribution is -2.27. The maximum Gasteiger partial charge on any atom is 0.251 e. The van der Waals surface area contributed by atoms with Crippen molar-refractivity contribution in [3.63, 3.8) is 0 Å². The fourth-order valence-electron chi connectivity index (χ4n) is 3.38. The van der Waals surface area contributed by atoms with Crippen LogP contribution in [0.1, 0.15) is 18.5 Å². The van der Waals surface area contributed by atoms with E-state index >= 15 is 0 Å². The van der Waals surface area contributed by atoms with Gasteiger partial charge in [0.15, 0.2) is 11.5 Å². The number of carbonyl (C=O) groups excluding carboxylic acids is 1. The van der Waals surface area contributed by atoms with Crippen molar-refractivity contribution >= 4 is 21.6 Å². The number of hydrogen-bond acceptors (Lipinski definition) is 7. The number of aromatic amines is 1. The summed E-state index contributed by atoms with van der Waals surface area (Å²) in [4.78, 5) is 31.1. The fourth-order valence-corrected chi connectivity index (χ4v) is 4.42. The van der Waals surface area contributed by atoms with Crippen molar-refractivity contribution in [1.82, 2.24) is 14.7 Å². The van der Waals surface area contributed by atoms with Crippen molar-refractivity contribution in [3.8, 4) is 22.9 Å². The minimum atomic E-state index is -3.83. The zero-order valence-corrected chi connectivity index (χ0v) is 19.3. The quantitative estimate of drug-likeness (QED) is 0.467. The van der Waals surface area contributed by atoms with E-state index in [9.17, 15) is 18.0 Å². The molecule has 0 saturated carbocycles. The molecule has 3 N–H and O–H groups in total. The lowest BCUT2D eigenvalue weighted by atomic mass is 10.2. The molecular formula is C23H24N4O6S. The van der Waals surface area contributed by atoms with Gasteiger partial charge in [0.05, 0.1) is 18.1 Å². The van der Waals surface area contributed by atoms with Crippen LogP contribution >= 0.6 is 0 Å². The average molecular weight is 485 g/mol. The molecule has 2 aromatic carbocycles. The monoisotopic (exact) mass is 484 g/mol. The number of hydrogen-bond donors (Lipinski definition) is 3. The Labute approximate surface area is 196 Å². The normalized spacial score (nSPS) is 13.2. The molecule has 0 radical (unpaired) electrons. The van der Waals surface area contributed by atoms with Crippen molar-refractivity contribution in [2.45, 2.75) is 24.7 Å². The van der Waals surface area contributed by atoms with Crippen LogP contribution in [0.5, 0.6) is 11.5 Å². The summed E-state index contributed by atoms with van der Waals surface area (Å²) in [5.74, 6) is 0.902. The Kier molecular flexibility index (Phi) is 6.94. The molecule has 34 heavy (non-hydrogen) atoms. The zero-order valence-electron chi connectivity index (χ0n) is 18.5. The molecule has 0 unspecified atom stereocenters. The molecule has 1 aliphatic rings. The van der Waals surface area contributed by atoms with E-state index in [1.54, 1.807) is 37.3 Å². The molecule has 4 rings (SSSR count). The number of rotatable bonds is 7. The second kappa shape index (κ2) is 10.1. The van der Waals surface area contributed by atoms with Gasteiger partial charge in [0.1, 0.15) is 5.82 Å². The summed E-state index contributed by atoms with van der Waals surface area (Å²) < 4.78 is 38.7. The molecule has 1 aliphatic heterocycles. The van der Waals surface area contributed by atoms with Gasteiger partial charge in [0, 0.05) is 48.5 Å². The highest BCUT2D eigenvalue weighted by Gasteiger charge is 2.19. The molecular weight excluding hydrogens is 460 g/mol. The van der Waals surface area contributed by atoms with E-state index in [-0.39, 0.29) is 29.3 Å². The molecule has 1 amide bonds. The number of aromatic nitrogens is 2. The van der Waals surface area contributed by atoms with E-state index < -0.39 is 10.0 Å². The van der Waals surface area contributed by atoms with Gasteiger partial charge in [-0.2, -0.15) is 0 Å². The summed E-state index contributed by atoms with van der Waals surface area (Å²) in [6, 6.07) is 12.7. The molecule has 0 aliphatic carbocycles. The van der Waals surface area contributed by atoms with Crippen LogP contribution in [-0.4, -0.2) is 44.1 Å². The van der Waals surface area contributed by atoms with Crippen molar-refractivity contribution in [3.05, 3.63) is 64.6 Å². The Hall–Kier alpha value is -3.70. The Morgan fingerprint density at radius 1 is 1.09 bits per heavy atom. The minimum Gasteiger partial charge on any atom is -0.490 e. The van der Waals surface area contributed by atoms with Crippen molar-refractivity contribution in [2.24, 2.45) is 0 Å². The van der Waals surface area contributed by atoms with Crippen LogP contribution in [0.3, 0.4) is 0 Å². The highest BCUT2D eigenvalue weighted by atomic mass is 32.2. The number of nitrogens with zero attached hydrogens (tertiary/aromatic N) is 1. The van der Waals surface area contributed by atoms with Crippen LogP contribution in [0.2, 0.25) is 0 Å². The van der Waals surface area contributed by atoms with Gasteiger partial charge in [-0.15, -0.1) is 0 Å². The number of H-pyrrole nitrogens is 1. The predicted octanol–water partition coefficient (Wildman–Crippen LogP) is 2.21. The highest BCUT2D eigenvalue weighted by molar-refractivity contribution is 7.89. The van der Waals surface area contributed by atoms with Gasteiger partial charge in [0.25, 0.3) is 5.56 Å². The smallest absolute Gasteiger partial charge is 0.251 e. The van der Waals surface area contributed by atoms with Crippen LogP contribution in [0, 0.1) is 6.92 Å². The SMILES string of the molecule is Cc1cc(=O)[nH]c(-c2cccc(NC(=O)CCNS(=O)(=O)c3ccc4c(c3)OCCCO4)c2)n1. The van der Waals surface area contributed by atoms with Crippen molar-refractivity contribution in [1.29, 1.82) is 0 Å². The van der Waals surface area contributed by atoms with E-state index in [2.05, 4.69) is 20.0 Å². The van der Waals surface area contributed by atoms with Crippen LogP contribution in [0.4, 0.5) is 5.69 Å². The molecule has 0 bridgehead atoms. The number of ether oxygens (including phenoxy) is 2. The number of anilines is 1. The van der Waals surface area contributed by atoms with Gasteiger partial charge in [-0.3, -0.25) is 9.59 Å². The van der Waals surface area contributed by atoms with E-state index in [0.717, 1.165) is 0 Å². The predicted molar refractivity (Wildman–Crippen MR) is 126 cm³/mol. The molecule has 0 spiro atoms. The van der Waals surface area contributed by atoms with Gasteiger partial charge >= 0.3 is 0 Å². The lowest BCUT2D eigenvalue weighted by Gasteiger charge is -2.11. The summed E-state index contributed by atoms with van der Waals surface area (Å²) in [6.45, 7) is 2.59. The first kappa shape index (κ1) is 23.5. The second-order valence-electron chi connectivity index (χ2n) is 7.67. The van der Waals surface area contributed by atoms with Gasteiger partial charge < -0.3 is 19.8 Å². The fraction of sp³-hybridized carbons (Fsp3) is 0.261. The second-order valence-corrected chi connectivity index (χ2v) is 9.44. The molecule has 178 valence electrons. The van der Waals surface area contributed by atoms with E-state index in [4.69, 9.17) is 9.47 Å². The van der Waals surface area contributed by atoms with Gasteiger partial charge in [-0.1, -0.05) is 12.1 Å². The Morgan fingerprint density at radius 3 is 2.68 bits per heavy atom. The maximum absolute atomic E-state index is 12.6. The Bertz CT molecular complexity index is 1370. The van der Waals surface area contributed by atoms with E-state index in [1.807, 2.05) is 0 Å². The molecule has 3 aromatic rings. The van der Waals surface area contributed by atoms with Crippen molar-refractivity contribution in [2.75, 3.05) is 25.1 Å². The summed E-state index contributed by atoms with van der Waals surface area (Å²) >= 11 is 0. The topological polar surface area (TPSA) is 139 Å². The number of sulfonamides is 1. The minimum absolute atomic E-state index is 0.0320. The van der Waals surface area contributed by atoms with E-state index in [1.165, 1.54) is 18.2 Å². The van der Waals surface area contributed by atoms with Crippen LogP contribution in [-0.2, 0) is 14.8 Å². The maximum atomic E-state index is 12.6. The zero-order chi connectivity index (χ0) is 24.1. The molecule has 0 atom stereocenters. The largest absolute Gasteiger partial charge is 0.490 e. The first-order valence-electron chi connectivity index (χ1n) is 10.7. The molecule has 1 aromatic heterocycles. The number of aryl methyl sites for hydroxylation is 1. The third-order valence-electron chi connectivity index (χ3n) is 4.96. The van der Waals surface area contributed by atoms with E-state index in [0.29, 0.717) is 53.9 Å². The number of carbonyl (C=O) groups is 1. The van der Waals surface area contributed by atoms with Gasteiger partial charge in [0.2, 0.25) is 15.9 Å². The molecule has 10 nitrogen and oxygen atoms in total. The number of benzene rings is 2. The van der Waals surface area contributed by atoms with Gasteiger partial charge in [-0.25, -0.2) is 18.1 Å². The average Bonchev–Trinajstić information content (AvgIpc) is 3.03. The van der Waals surface area contributed by atoms with Crippen LogP contribution in [0.25, 0.3) is 11.4 Å². The number of amides is 1. The first-order chi connectivity index (χ1) is 16.3. The Balaban J connectivity index is 1.35. The van der Waals surface area contributed by atoms with Crippen LogP contribution in [0.15, 0.2) is 58.2 Å². The van der Waals surface area contributed by atoms with Gasteiger partial charge in [-0.05, 0) is 31.2 Å². The highest BCUT2D eigenvalue weighted by Crippen LogP contribution is 2.31. The molecule has 2 heterocycles. The summed E-state index contributed by atoms with van der Waals surface area (Å²) in [7, 11) is -3.83. The molecule has 0 saturated heterocycles. The third kappa shape index (κ3) is 5.80. The van der Waals surface area contributed by atoms with Crippen molar-refractivity contribution < 1.29 is 22.7 Å². The molecule has 0 fully saturated rings. The summed E-state index contributed by atoms with van der Waals surface area (Å²) in [6.07, 6.45) is 0.639. The number of nitrogens with one attached hydrogen (secondary N) is 3. The summed E-state index contributed by atoms with van der Waals surface area (Å²) in [5, 5.41) is 2.73. The number of fused-ring (bicyclic) bond motifs is 1. The first-order valence-corrected chi connectivity index (χ1v) is 12.2. The standard InChI is InChI=1S/C23H24N4O6S/c1-15-12-22(29)27-23(25-15)16-4-2-5-17(13-16)26-21(28)8-9-24-34(30,31)18-6-7-19-20(14-18)33-11-3-10-32-19/h2,4-7,12-14,24H,3,8-11H2,1H3,(H,26,28)(H,25,27,29). The third-order valence-corrected chi connectivity index (χ3v) is 6.42. The Morgan fingerprint density at radius 2 is 1.88 bits per heavy atom.